The molecule has 1 aromatic heterocycles. The Balaban J connectivity index is 1.60. The van der Waals surface area contributed by atoms with Crippen molar-refractivity contribution in [3.63, 3.8) is 0 Å². The number of amides is 2. The van der Waals surface area contributed by atoms with Crippen LogP contribution in [0, 0.1) is 0 Å². The van der Waals surface area contributed by atoms with E-state index in [1.807, 2.05) is 18.2 Å². The van der Waals surface area contributed by atoms with Crippen molar-refractivity contribution in [2.45, 2.75) is 52.0 Å². The van der Waals surface area contributed by atoms with Crippen molar-refractivity contribution in [2.24, 2.45) is 0 Å². The second-order valence-corrected chi connectivity index (χ2v) is 6.93. The molecule has 1 aromatic carbocycles. The van der Waals surface area contributed by atoms with Gasteiger partial charge in [-0.15, -0.1) is 0 Å². The monoisotopic (exact) mass is 385 g/mol. The van der Waals surface area contributed by atoms with Crippen LogP contribution in [0.3, 0.4) is 0 Å². The Labute approximate surface area is 165 Å². The van der Waals surface area contributed by atoms with E-state index in [1.54, 1.807) is 24.0 Å². The van der Waals surface area contributed by atoms with Gasteiger partial charge in [-0.05, 0) is 43.9 Å². The van der Waals surface area contributed by atoms with E-state index in [4.69, 9.17) is 9.26 Å². The molecule has 0 bridgehead atoms. The van der Waals surface area contributed by atoms with Gasteiger partial charge in [0.25, 0.3) is 0 Å². The third-order valence-corrected chi connectivity index (χ3v) is 4.79. The normalized spacial score (nSPS) is 16.2. The molecule has 0 spiro atoms. The number of hydrogen-bond donors (Lipinski definition) is 1. The van der Waals surface area contributed by atoms with E-state index in [9.17, 15) is 9.59 Å². The summed E-state index contributed by atoms with van der Waals surface area (Å²) in [7, 11) is 0. The smallest absolute Gasteiger partial charge is 0.322 e. The fraction of sp³-hybridized carbons (Fsp3) is 0.476. The molecule has 1 atom stereocenters. The predicted molar refractivity (Wildman–Crippen MR) is 105 cm³/mol. The van der Waals surface area contributed by atoms with Gasteiger partial charge in [-0.25, -0.2) is 4.79 Å². The highest BCUT2D eigenvalue weighted by Crippen LogP contribution is 2.32. The number of anilines is 1. The van der Waals surface area contributed by atoms with Crippen LogP contribution in [0.15, 0.2) is 34.9 Å². The van der Waals surface area contributed by atoms with Gasteiger partial charge >= 0.3 is 12.0 Å². The molecule has 28 heavy (non-hydrogen) atoms. The Morgan fingerprint density at radius 1 is 1.29 bits per heavy atom. The Morgan fingerprint density at radius 2 is 2.07 bits per heavy atom. The molecule has 2 aromatic rings. The quantitative estimate of drug-likeness (QED) is 0.725. The lowest BCUT2D eigenvalue weighted by Gasteiger charge is -2.23. The van der Waals surface area contributed by atoms with E-state index in [0.29, 0.717) is 18.8 Å². The number of likely N-dealkylation sites (tertiary alicyclic amines) is 1. The highest BCUT2D eigenvalue weighted by Gasteiger charge is 2.32. The molecule has 7 heteroatoms. The number of rotatable bonds is 7. The molecule has 0 aliphatic carbocycles. The summed E-state index contributed by atoms with van der Waals surface area (Å²) in [5.41, 5.74) is 2.36. The van der Waals surface area contributed by atoms with Crippen molar-refractivity contribution in [2.75, 3.05) is 18.5 Å². The van der Waals surface area contributed by atoms with Gasteiger partial charge in [-0.1, -0.05) is 24.2 Å². The molecule has 1 N–H and O–H groups in total. The zero-order chi connectivity index (χ0) is 19.9. The molecule has 0 radical (unpaired) electrons. The first-order chi connectivity index (χ1) is 13.6. The summed E-state index contributed by atoms with van der Waals surface area (Å²) in [6.07, 6.45) is 3.89. The fourth-order valence-corrected chi connectivity index (χ4v) is 3.45. The highest BCUT2D eigenvalue weighted by atomic mass is 16.5. The molecule has 1 fully saturated rings. The third-order valence-electron chi connectivity index (χ3n) is 4.79. The number of carbonyl (C=O) groups excluding carboxylic acids is 2. The molecule has 7 nitrogen and oxygen atoms in total. The summed E-state index contributed by atoms with van der Waals surface area (Å²) in [5.74, 6) is 0.608. The topological polar surface area (TPSA) is 84.7 Å². The summed E-state index contributed by atoms with van der Waals surface area (Å²) < 4.78 is 10.3. The molecule has 2 amide bonds. The van der Waals surface area contributed by atoms with E-state index in [0.717, 1.165) is 42.7 Å². The molecular weight excluding hydrogens is 358 g/mol. The van der Waals surface area contributed by atoms with Gasteiger partial charge in [0.05, 0.1) is 19.1 Å². The number of esters is 1. The van der Waals surface area contributed by atoms with E-state index in [1.165, 1.54) is 0 Å². The van der Waals surface area contributed by atoms with Crippen molar-refractivity contribution in [3.05, 3.63) is 47.3 Å². The van der Waals surface area contributed by atoms with Crippen LogP contribution in [0.4, 0.5) is 10.5 Å². The predicted octanol–water partition coefficient (Wildman–Crippen LogP) is 4.10. The number of hydrogen-bond acceptors (Lipinski definition) is 5. The maximum absolute atomic E-state index is 12.8. The van der Waals surface area contributed by atoms with E-state index in [2.05, 4.69) is 17.4 Å². The number of nitrogens with zero attached hydrogens (tertiary/aromatic N) is 2. The summed E-state index contributed by atoms with van der Waals surface area (Å²) in [4.78, 5) is 26.1. The lowest BCUT2D eigenvalue weighted by Crippen LogP contribution is -2.34. The summed E-state index contributed by atoms with van der Waals surface area (Å²) in [6, 6.07) is 8.99. The standard InChI is InChI=1S/C21H27N3O4/c1-3-6-17-14-18(23-28-17)19-7-5-12-24(19)21(26)22-16-10-8-15(9-11-16)13-20(25)27-4-2/h8-11,14,19H,3-7,12-13H2,1-2H3,(H,22,26). The van der Waals surface area contributed by atoms with Crippen molar-refractivity contribution in [3.8, 4) is 0 Å². The molecule has 1 aliphatic rings. The van der Waals surface area contributed by atoms with E-state index < -0.39 is 0 Å². The minimum absolute atomic E-state index is 0.0579. The average Bonchev–Trinajstić information content (AvgIpc) is 3.33. The zero-order valence-electron chi connectivity index (χ0n) is 16.4. The lowest BCUT2D eigenvalue weighted by atomic mass is 10.1. The second-order valence-electron chi connectivity index (χ2n) is 6.93. The van der Waals surface area contributed by atoms with Gasteiger partial charge < -0.3 is 19.5 Å². The Hall–Kier alpha value is -2.83. The van der Waals surface area contributed by atoms with Crippen LogP contribution in [0.25, 0.3) is 0 Å². The number of benzene rings is 1. The van der Waals surface area contributed by atoms with Crippen LogP contribution in [0.5, 0.6) is 0 Å². The Morgan fingerprint density at radius 3 is 2.79 bits per heavy atom. The van der Waals surface area contributed by atoms with E-state index >= 15 is 0 Å². The molecule has 2 heterocycles. The average molecular weight is 385 g/mol. The van der Waals surface area contributed by atoms with Crippen molar-refractivity contribution < 1.29 is 18.8 Å². The van der Waals surface area contributed by atoms with Gasteiger partial charge in [0.1, 0.15) is 11.5 Å². The second kappa shape index (κ2) is 9.39. The van der Waals surface area contributed by atoms with Gasteiger partial charge in [0, 0.05) is 24.7 Å². The third kappa shape index (κ3) is 4.91. The summed E-state index contributed by atoms with van der Waals surface area (Å²) in [6.45, 7) is 4.93. The van der Waals surface area contributed by atoms with Gasteiger partial charge in [0.15, 0.2) is 0 Å². The number of carbonyl (C=O) groups is 2. The maximum Gasteiger partial charge on any atom is 0.322 e. The van der Waals surface area contributed by atoms with Crippen molar-refractivity contribution >= 4 is 17.7 Å². The van der Waals surface area contributed by atoms with Crippen LogP contribution in [0.1, 0.15) is 56.2 Å². The molecule has 1 saturated heterocycles. The van der Waals surface area contributed by atoms with Crippen LogP contribution < -0.4 is 5.32 Å². The minimum Gasteiger partial charge on any atom is -0.466 e. The number of nitrogens with one attached hydrogen (secondary N) is 1. The summed E-state index contributed by atoms with van der Waals surface area (Å²) >= 11 is 0. The minimum atomic E-state index is -0.255. The fourth-order valence-electron chi connectivity index (χ4n) is 3.45. The number of ether oxygens (including phenoxy) is 1. The molecule has 0 saturated carbocycles. The lowest BCUT2D eigenvalue weighted by molar-refractivity contribution is -0.142. The van der Waals surface area contributed by atoms with Crippen molar-refractivity contribution in [1.29, 1.82) is 0 Å². The molecular formula is C21H27N3O4. The van der Waals surface area contributed by atoms with Crippen LogP contribution >= 0.6 is 0 Å². The van der Waals surface area contributed by atoms with Gasteiger partial charge in [-0.3, -0.25) is 4.79 Å². The van der Waals surface area contributed by atoms with Gasteiger partial charge in [-0.2, -0.15) is 0 Å². The number of aryl methyl sites for hydroxylation is 1. The van der Waals surface area contributed by atoms with Crippen LogP contribution in [0.2, 0.25) is 0 Å². The van der Waals surface area contributed by atoms with Crippen molar-refractivity contribution in [1.82, 2.24) is 10.1 Å². The van der Waals surface area contributed by atoms with Crippen LogP contribution in [-0.2, 0) is 22.4 Å². The molecule has 1 aliphatic heterocycles. The first kappa shape index (κ1) is 19.9. The first-order valence-corrected chi connectivity index (χ1v) is 9.88. The highest BCUT2D eigenvalue weighted by molar-refractivity contribution is 5.89. The maximum atomic E-state index is 12.8. The SMILES string of the molecule is CCCc1cc(C2CCCN2C(=O)Nc2ccc(CC(=O)OCC)cc2)no1. The number of aromatic nitrogens is 1. The molecule has 1 unspecified atom stereocenters. The molecule has 150 valence electrons. The number of urea groups is 1. The zero-order valence-corrected chi connectivity index (χ0v) is 16.4. The Bertz CT molecular complexity index is 800. The first-order valence-electron chi connectivity index (χ1n) is 9.88. The Kier molecular flexibility index (Phi) is 6.68. The van der Waals surface area contributed by atoms with Gasteiger partial charge in [0.2, 0.25) is 0 Å². The largest absolute Gasteiger partial charge is 0.466 e. The molecule has 3 rings (SSSR count). The van der Waals surface area contributed by atoms with E-state index in [-0.39, 0.29) is 24.5 Å². The summed E-state index contributed by atoms with van der Waals surface area (Å²) in [5, 5.41) is 7.10. The van der Waals surface area contributed by atoms with Crippen LogP contribution in [-0.4, -0.2) is 35.2 Å².